The van der Waals surface area contributed by atoms with Crippen molar-refractivity contribution < 1.29 is 4.74 Å². The number of rotatable bonds is 5. The van der Waals surface area contributed by atoms with Crippen molar-refractivity contribution in [2.45, 2.75) is 18.9 Å². The van der Waals surface area contributed by atoms with Gasteiger partial charge in [0.2, 0.25) is 0 Å². The molecule has 1 fully saturated rings. The minimum atomic E-state index is 0.512. The van der Waals surface area contributed by atoms with Gasteiger partial charge in [-0.3, -0.25) is 4.90 Å². The average molecular weight is 234 g/mol. The van der Waals surface area contributed by atoms with Crippen LogP contribution < -0.4 is 5.73 Å². The fraction of sp³-hybridized carbons (Fsp3) is 0.571. The van der Waals surface area contributed by atoms with Gasteiger partial charge in [-0.05, 0) is 24.9 Å². The van der Waals surface area contributed by atoms with E-state index in [0.717, 1.165) is 45.7 Å². The Labute approximate surface area is 104 Å². The molecule has 0 radical (unpaired) electrons. The fourth-order valence-corrected chi connectivity index (χ4v) is 2.36. The quantitative estimate of drug-likeness (QED) is 0.834. The summed E-state index contributed by atoms with van der Waals surface area (Å²) in [5.41, 5.74) is 7.05. The van der Waals surface area contributed by atoms with Gasteiger partial charge >= 0.3 is 0 Å². The van der Waals surface area contributed by atoms with Crippen molar-refractivity contribution in [3.8, 4) is 0 Å². The Kier molecular flexibility index (Phi) is 4.98. The zero-order valence-corrected chi connectivity index (χ0v) is 10.3. The van der Waals surface area contributed by atoms with Crippen molar-refractivity contribution >= 4 is 0 Å². The standard InChI is InChI=1S/C14H22N2O/c15-8-6-14-12-17-11-10-16(14)9-7-13-4-2-1-3-5-13/h1-5,14H,6-12,15H2. The lowest BCUT2D eigenvalue weighted by Crippen LogP contribution is -2.47. The van der Waals surface area contributed by atoms with E-state index < -0.39 is 0 Å². The van der Waals surface area contributed by atoms with Crippen LogP contribution in [0.3, 0.4) is 0 Å². The molecule has 1 heterocycles. The highest BCUT2D eigenvalue weighted by Gasteiger charge is 2.21. The predicted octanol–water partition coefficient (Wildman–Crippen LogP) is 1.28. The summed E-state index contributed by atoms with van der Waals surface area (Å²) < 4.78 is 5.52. The highest BCUT2D eigenvalue weighted by atomic mass is 16.5. The van der Waals surface area contributed by atoms with Crippen LogP contribution in [0, 0.1) is 0 Å². The summed E-state index contributed by atoms with van der Waals surface area (Å²) in [6, 6.07) is 11.2. The third kappa shape index (κ3) is 3.80. The molecule has 1 aromatic carbocycles. The van der Waals surface area contributed by atoms with E-state index in [1.54, 1.807) is 0 Å². The maximum Gasteiger partial charge on any atom is 0.0622 e. The number of benzene rings is 1. The van der Waals surface area contributed by atoms with Gasteiger partial charge in [-0.15, -0.1) is 0 Å². The van der Waals surface area contributed by atoms with Gasteiger partial charge in [-0.25, -0.2) is 0 Å². The first-order valence-electron chi connectivity index (χ1n) is 6.46. The van der Waals surface area contributed by atoms with Gasteiger partial charge in [0, 0.05) is 19.1 Å². The largest absolute Gasteiger partial charge is 0.378 e. The minimum Gasteiger partial charge on any atom is -0.378 e. The first-order chi connectivity index (χ1) is 8.40. The van der Waals surface area contributed by atoms with Gasteiger partial charge in [0.15, 0.2) is 0 Å². The summed E-state index contributed by atoms with van der Waals surface area (Å²) in [6.45, 7) is 4.59. The first kappa shape index (κ1) is 12.6. The van der Waals surface area contributed by atoms with Crippen molar-refractivity contribution in [1.82, 2.24) is 4.90 Å². The zero-order chi connectivity index (χ0) is 11.9. The molecule has 1 saturated heterocycles. The van der Waals surface area contributed by atoms with Crippen LogP contribution in [0.25, 0.3) is 0 Å². The Morgan fingerprint density at radius 1 is 1.29 bits per heavy atom. The highest BCUT2D eigenvalue weighted by molar-refractivity contribution is 5.14. The van der Waals surface area contributed by atoms with Crippen LogP contribution in [-0.2, 0) is 11.2 Å². The molecule has 1 aromatic rings. The molecule has 0 aromatic heterocycles. The van der Waals surface area contributed by atoms with Crippen molar-refractivity contribution in [3.63, 3.8) is 0 Å². The Balaban J connectivity index is 1.84. The SMILES string of the molecule is NCCC1COCCN1CCc1ccccc1. The third-order valence-electron chi connectivity index (χ3n) is 3.38. The van der Waals surface area contributed by atoms with Crippen LogP contribution >= 0.6 is 0 Å². The van der Waals surface area contributed by atoms with Gasteiger partial charge in [-0.2, -0.15) is 0 Å². The van der Waals surface area contributed by atoms with Crippen LogP contribution in [-0.4, -0.2) is 43.8 Å². The Morgan fingerprint density at radius 3 is 2.88 bits per heavy atom. The van der Waals surface area contributed by atoms with Crippen molar-refractivity contribution in [3.05, 3.63) is 35.9 Å². The minimum absolute atomic E-state index is 0.512. The number of ether oxygens (including phenoxy) is 1. The molecule has 0 amide bonds. The van der Waals surface area contributed by atoms with Crippen LogP contribution in [0.5, 0.6) is 0 Å². The van der Waals surface area contributed by atoms with Crippen LogP contribution in [0.15, 0.2) is 30.3 Å². The molecule has 1 aliphatic rings. The molecule has 2 N–H and O–H groups in total. The molecule has 1 unspecified atom stereocenters. The second-order valence-corrected chi connectivity index (χ2v) is 4.58. The monoisotopic (exact) mass is 234 g/mol. The van der Waals surface area contributed by atoms with Crippen LogP contribution in [0.2, 0.25) is 0 Å². The lowest BCUT2D eigenvalue weighted by Gasteiger charge is -2.35. The van der Waals surface area contributed by atoms with E-state index in [-0.39, 0.29) is 0 Å². The topological polar surface area (TPSA) is 38.5 Å². The van der Waals surface area contributed by atoms with Gasteiger partial charge in [0.1, 0.15) is 0 Å². The molecule has 17 heavy (non-hydrogen) atoms. The molecule has 1 aliphatic heterocycles. The summed E-state index contributed by atoms with van der Waals surface area (Å²) in [5, 5.41) is 0. The summed E-state index contributed by atoms with van der Waals surface area (Å²) in [6.07, 6.45) is 2.15. The fourth-order valence-electron chi connectivity index (χ4n) is 2.36. The van der Waals surface area contributed by atoms with E-state index in [9.17, 15) is 0 Å². The van der Waals surface area contributed by atoms with Crippen LogP contribution in [0.1, 0.15) is 12.0 Å². The van der Waals surface area contributed by atoms with E-state index in [2.05, 4.69) is 35.2 Å². The number of hydrogen-bond donors (Lipinski definition) is 1. The highest BCUT2D eigenvalue weighted by Crippen LogP contribution is 2.11. The lowest BCUT2D eigenvalue weighted by molar-refractivity contribution is -0.00877. The van der Waals surface area contributed by atoms with E-state index in [1.165, 1.54) is 5.56 Å². The molecule has 2 rings (SSSR count). The van der Waals surface area contributed by atoms with E-state index >= 15 is 0 Å². The maximum absolute atomic E-state index is 5.65. The summed E-state index contributed by atoms with van der Waals surface area (Å²) in [7, 11) is 0. The maximum atomic E-state index is 5.65. The van der Waals surface area contributed by atoms with Crippen molar-refractivity contribution in [2.24, 2.45) is 5.73 Å². The van der Waals surface area contributed by atoms with E-state index in [0.29, 0.717) is 6.04 Å². The second kappa shape index (κ2) is 6.74. The first-order valence-corrected chi connectivity index (χ1v) is 6.46. The second-order valence-electron chi connectivity index (χ2n) is 4.58. The zero-order valence-electron chi connectivity index (χ0n) is 10.3. The number of morpholine rings is 1. The molecule has 3 heteroatoms. The van der Waals surface area contributed by atoms with Crippen molar-refractivity contribution in [2.75, 3.05) is 32.8 Å². The van der Waals surface area contributed by atoms with Gasteiger partial charge in [0.05, 0.1) is 13.2 Å². The lowest BCUT2D eigenvalue weighted by atomic mass is 10.1. The van der Waals surface area contributed by atoms with Gasteiger partial charge < -0.3 is 10.5 Å². The smallest absolute Gasteiger partial charge is 0.0622 e. The Bertz CT molecular complexity index is 313. The number of nitrogens with zero attached hydrogens (tertiary/aromatic N) is 1. The summed E-state index contributed by atoms with van der Waals surface area (Å²) in [4.78, 5) is 2.52. The van der Waals surface area contributed by atoms with Crippen molar-refractivity contribution in [1.29, 1.82) is 0 Å². The van der Waals surface area contributed by atoms with Gasteiger partial charge in [0.25, 0.3) is 0 Å². The number of hydrogen-bond acceptors (Lipinski definition) is 3. The molecule has 0 spiro atoms. The molecule has 1 atom stereocenters. The average Bonchev–Trinajstić information content (AvgIpc) is 2.39. The van der Waals surface area contributed by atoms with E-state index in [1.807, 2.05) is 0 Å². The molecule has 94 valence electrons. The number of nitrogens with two attached hydrogens (primary N) is 1. The third-order valence-corrected chi connectivity index (χ3v) is 3.38. The Morgan fingerprint density at radius 2 is 2.12 bits per heavy atom. The molecular weight excluding hydrogens is 212 g/mol. The molecule has 0 bridgehead atoms. The molecule has 3 nitrogen and oxygen atoms in total. The molecule has 0 saturated carbocycles. The molecule has 0 aliphatic carbocycles. The van der Waals surface area contributed by atoms with Crippen LogP contribution in [0.4, 0.5) is 0 Å². The normalized spacial score (nSPS) is 21.6. The summed E-state index contributed by atoms with van der Waals surface area (Å²) >= 11 is 0. The van der Waals surface area contributed by atoms with E-state index in [4.69, 9.17) is 10.5 Å². The predicted molar refractivity (Wildman–Crippen MR) is 70.0 cm³/mol. The molecular formula is C14H22N2O. The summed E-state index contributed by atoms with van der Waals surface area (Å²) in [5.74, 6) is 0. The van der Waals surface area contributed by atoms with Gasteiger partial charge in [-0.1, -0.05) is 30.3 Å². The Hall–Kier alpha value is -0.900.